The van der Waals surface area contributed by atoms with E-state index < -0.39 is 0 Å². The van der Waals surface area contributed by atoms with Crippen molar-refractivity contribution < 1.29 is 0 Å². The fourth-order valence-corrected chi connectivity index (χ4v) is 2.81. The number of rotatable bonds is 2. The highest BCUT2D eigenvalue weighted by Crippen LogP contribution is 2.52. The van der Waals surface area contributed by atoms with E-state index in [0.717, 1.165) is 6.54 Å². The molecule has 1 atom stereocenters. The van der Waals surface area contributed by atoms with Gasteiger partial charge in [0, 0.05) is 5.54 Å². The van der Waals surface area contributed by atoms with E-state index in [1.807, 2.05) is 0 Å². The molecule has 1 heteroatoms. The summed E-state index contributed by atoms with van der Waals surface area (Å²) in [4.78, 5) is 0. The maximum atomic E-state index is 3.65. The Bertz CT molecular complexity index is 205. The topological polar surface area (TPSA) is 12.0 Å². The van der Waals surface area contributed by atoms with Crippen LogP contribution in [-0.2, 0) is 0 Å². The van der Waals surface area contributed by atoms with Gasteiger partial charge in [-0.05, 0) is 43.6 Å². The second-order valence-corrected chi connectivity index (χ2v) is 6.54. The first-order chi connectivity index (χ1) is 6.22. The van der Waals surface area contributed by atoms with Crippen LogP contribution >= 0.6 is 0 Å². The zero-order valence-electron chi connectivity index (χ0n) is 10.8. The first-order valence-electron chi connectivity index (χ1n) is 5.97. The molecule has 14 heavy (non-hydrogen) atoms. The summed E-state index contributed by atoms with van der Waals surface area (Å²) in [5.74, 6) is 0. The molecule has 1 N–H and O–H groups in total. The van der Waals surface area contributed by atoms with E-state index in [2.05, 4.69) is 46.9 Å². The summed E-state index contributed by atoms with van der Waals surface area (Å²) in [5, 5.41) is 3.65. The molecule has 0 saturated heterocycles. The Hall–Kier alpha value is -0.0400. The lowest BCUT2D eigenvalue weighted by Gasteiger charge is -2.53. The van der Waals surface area contributed by atoms with E-state index in [1.165, 1.54) is 19.3 Å². The molecule has 1 aliphatic rings. The van der Waals surface area contributed by atoms with Gasteiger partial charge in [-0.1, -0.05) is 34.6 Å². The van der Waals surface area contributed by atoms with E-state index in [4.69, 9.17) is 0 Å². The quantitative estimate of drug-likeness (QED) is 0.713. The molecule has 1 unspecified atom stereocenters. The van der Waals surface area contributed by atoms with E-state index in [-0.39, 0.29) is 0 Å². The van der Waals surface area contributed by atoms with Crippen molar-refractivity contribution in [1.29, 1.82) is 0 Å². The number of hydrogen-bond acceptors (Lipinski definition) is 1. The first-order valence-corrected chi connectivity index (χ1v) is 5.97. The van der Waals surface area contributed by atoms with Crippen molar-refractivity contribution >= 4 is 0 Å². The summed E-state index contributed by atoms with van der Waals surface area (Å²) in [7, 11) is 0. The number of nitrogens with one attached hydrogen (secondary N) is 1. The molecule has 0 aromatic rings. The second-order valence-electron chi connectivity index (χ2n) is 6.54. The largest absolute Gasteiger partial charge is 0.312 e. The van der Waals surface area contributed by atoms with Crippen molar-refractivity contribution in [3.8, 4) is 0 Å². The Morgan fingerprint density at radius 1 is 0.929 bits per heavy atom. The molecule has 0 aliphatic heterocycles. The van der Waals surface area contributed by atoms with Gasteiger partial charge in [0.05, 0.1) is 0 Å². The zero-order valence-corrected chi connectivity index (χ0v) is 10.8. The van der Waals surface area contributed by atoms with E-state index in [0.29, 0.717) is 16.4 Å². The SMILES string of the molecule is CCNC1(C)CCC(C)(C)C(C)(C)C1. The second kappa shape index (κ2) is 3.52. The summed E-state index contributed by atoms with van der Waals surface area (Å²) in [6.07, 6.45) is 3.95. The summed E-state index contributed by atoms with van der Waals surface area (Å²) in [5.41, 5.74) is 1.30. The lowest BCUT2D eigenvalue weighted by Crippen LogP contribution is -2.53. The van der Waals surface area contributed by atoms with Crippen molar-refractivity contribution in [1.82, 2.24) is 5.32 Å². The van der Waals surface area contributed by atoms with Gasteiger partial charge in [0.2, 0.25) is 0 Å². The van der Waals surface area contributed by atoms with Gasteiger partial charge in [-0.3, -0.25) is 0 Å². The van der Waals surface area contributed by atoms with Gasteiger partial charge in [0.25, 0.3) is 0 Å². The third-order valence-corrected chi connectivity index (χ3v) is 4.57. The van der Waals surface area contributed by atoms with Crippen molar-refractivity contribution in [3.63, 3.8) is 0 Å². The minimum absolute atomic E-state index is 0.369. The van der Waals surface area contributed by atoms with Gasteiger partial charge < -0.3 is 5.32 Å². The molecule has 0 heterocycles. The molecule has 84 valence electrons. The van der Waals surface area contributed by atoms with E-state index in [1.54, 1.807) is 0 Å². The molecule has 1 rings (SSSR count). The molecule has 1 nitrogen and oxygen atoms in total. The van der Waals surface area contributed by atoms with Crippen LogP contribution in [0.5, 0.6) is 0 Å². The molecule has 0 radical (unpaired) electrons. The van der Waals surface area contributed by atoms with Gasteiger partial charge >= 0.3 is 0 Å². The highest BCUT2D eigenvalue weighted by atomic mass is 15.0. The molecular weight excluding hydrogens is 170 g/mol. The normalized spacial score (nSPS) is 35.6. The minimum Gasteiger partial charge on any atom is -0.312 e. The zero-order chi connectivity index (χ0) is 11.0. The Morgan fingerprint density at radius 3 is 1.93 bits per heavy atom. The lowest BCUT2D eigenvalue weighted by atomic mass is 9.55. The smallest absolute Gasteiger partial charge is 0.0158 e. The van der Waals surface area contributed by atoms with E-state index in [9.17, 15) is 0 Å². The Morgan fingerprint density at radius 2 is 1.50 bits per heavy atom. The van der Waals surface area contributed by atoms with Gasteiger partial charge in [-0.15, -0.1) is 0 Å². The van der Waals surface area contributed by atoms with Gasteiger partial charge in [-0.2, -0.15) is 0 Å². The van der Waals surface area contributed by atoms with Crippen LogP contribution in [0, 0.1) is 10.8 Å². The van der Waals surface area contributed by atoms with Crippen LogP contribution in [0.25, 0.3) is 0 Å². The van der Waals surface area contributed by atoms with Crippen molar-refractivity contribution in [3.05, 3.63) is 0 Å². The molecular formula is C13H27N. The molecule has 0 aromatic heterocycles. The van der Waals surface area contributed by atoms with Crippen LogP contribution in [-0.4, -0.2) is 12.1 Å². The maximum Gasteiger partial charge on any atom is 0.0158 e. The monoisotopic (exact) mass is 197 g/mol. The van der Waals surface area contributed by atoms with Crippen LogP contribution in [0.2, 0.25) is 0 Å². The Labute approximate surface area is 89.7 Å². The van der Waals surface area contributed by atoms with Crippen molar-refractivity contribution in [2.24, 2.45) is 10.8 Å². The summed E-state index contributed by atoms with van der Waals surface area (Å²) < 4.78 is 0. The predicted octanol–water partition coefficient (Wildman–Crippen LogP) is 3.59. The predicted molar refractivity (Wildman–Crippen MR) is 63.5 cm³/mol. The fraction of sp³-hybridized carbons (Fsp3) is 1.00. The van der Waals surface area contributed by atoms with Crippen LogP contribution in [0.15, 0.2) is 0 Å². The maximum absolute atomic E-state index is 3.65. The van der Waals surface area contributed by atoms with Crippen LogP contribution in [0.1, 0.15) is 60.8 Å². The minimum atomic E-state index is 0.369. The fourth-order valence-electron chi connectivity index (χ4n) is 2.81. The summed E-state index contributed by atoms with van der Waals surface area (Å²) in [6.45, 7) is 15.3. The third kappa shape index (κ3) is 2.13. The standard InChI is InChI=1S/C13H27N/c1-7-14-13(6)9-8-11(2,3)12(4,5)10-13/h14H,7-10H2,1-6H3. The van der Waals surface area contributed by atoms with Crippen molar-refractivity contribution in [2.45, 2.75) is 66.3 Å². The Balaban J connectivity index is 2.76. The molecule has 0 spiro atoms. The molecule has 1 aliphatic carbocycles. The molecule has 0 bridgehead atoms. The number of hydrogen-bond donors (Lipinski definition) is 1. The summed E-state index contributed by atoms with van der Waals surface area (Å²) >= 11 is 0. The molecule has 0 amide bonds. The molecule has 0 aromatic carbocycles. The highest BCUT2D eigenvalue weighted by Gasteiger charge is 2.46. The average molecular weight is 197 g/mol. The highest BCUT2D eigenvalue weighted by molar-refractivity contribution is 5.00. The molecule has 1 fully saturated rings. The van der Waals surface area contributed by atoms with Gasteiger partial charge in [-0.25, -0.2) is 0 Å². The van der Waals surface area contributed by atoms with E-state index >= 15 is 0 Å². The van der Waals surface area contributed by atoms with Crippen LogP contribution < -0.4 is 5.32 Å². The average Bonchev–Trinajstić information content (AvgIpc) is 1.98. The van der Waals surface area contributed by atoms with Crippen molar-refractivity contribution in [2.75, 3.05) is 6.54 Å². The summed E-state index contributed by atoms with van der Waals surface area (Å²) in [6, 6.07) is 0. The van der Waals surface area contributed by atoms with Gasteiger partial charge in [0.15, 0.2) is 0 Å². The van der Waals surface area contributed by atoms with Gasteiger partial charge in [0.1, 0.15) is 0 Å². The first kappa shape index (κ1) is 12.0. The van der Waals surface area contributed by atoms with Crippen LogP contribution in [0.4, 0.5) is 0 Å². The third-order valence-electron chi connectivity index (χ3n) is 4.57. The molecule has 1 saturated carbocycles. The lowest BCUT2D eigenvalue weighted by molar-refractivity contribution is 0.00136. The van der Waals surface area contributed by atoms with Crippen LogP contribution in [0.3, 0.4) is 0 Å². The Kier molecular flexibility index (Phi) is 3.02.